The van der Waals surface area contributed by atoms with Gasteiger partial charge in [-0.25, -0.2) is 0 Å². The molecule has 0 saturated heterocycles. The molecule has 0 amide bonds. The van der Waals surface area contributed by atoms with Gasteiger partial charge in [0.25, 0.3) is 0 Å². The first-order valence-corrected chi connectivity index (χ1v) is 5.83. The molecule has 0 N–H and O–H groups in total. The first-order valence-electron chi connectivity index (χ1n) is 5.04. The smallest absolute Gasteiger partial charge is 0.127 e. The molecule has 0 fully saturated rings. The molecule has 1 atom stereocenters. The number of rotatable bonds is 1. The number of hydrogen-bond donors (Lipinski definition) is 0. The zero-order valence-corrected chi connectivity index (χ0v) is 9.70. The van der Waals surface area contributed by atoms with E-state index in [1.807, 2.05) is 6.07 Å². The molecule has 76 valence electrons. The minimum Gasteiger partial charge on any atom is -0.364 e. The highest BCUT2D eigenvalue weighted by Gasteiger charge is 2.28. The van der Waals surface area contributed by atoms with Crippen LogP contribution in [0.5, 0.6) is 0 Å². The maximum absolute atomic E-state index is 5.01. The molecule has 1 aliphatic rings. The van der Waals surface area contributed by atoms with E-state index in [-0.39, 0.29) is 0 Å². The minimum absolute atomic E-state index is 0.398. The summed E-state index contributed by atoms with van der Waals surface area (Å²) in [6, 6.07) is 8.33. The summed E-state index contributed by atoms with van der Waals surface area (Å²) in [5.41, 5.74) is 3.68. The average molecular weight is 264 g/mol. The number of halogens is 1. The standard InChI is InChI=1S/C12H10BrNO/c13-11-4-2-1-3-9(11)10-6-5-8-7-15-14-12(8)10/h1-4,7,10H,5-6H2. The van der Waals surface area contributed by atoms with Crippen molar-refractivity contribution in [3.63, 3.8) is 0 Å². The van der Waals surface area contributed by atoms with Gasteiger partial charge in [0.2, 0.25) is 0 Å². The lowest BCUT2D eigenvalue weighted by Crippen LogP contribution is -1.97. The number of fused-ring (bicyclic) bond motifs is 1. The van der Waals surface area contributed by atoms with Crippen molar-refractivity contribution >= 4 is 15.9 Å². The van der Waals surface area contributed by atoms with Gasteiger partial charge in [0.1, 0.15) is 6.26 Å². The van der Waals surface area contributed by atoms with Gasteiger partial charge < -0.3 is 4.52 Å². The molecule has 0 radical (unpaired) electrons. The van der Waals surface area contributed by atoms with E-state index in [1.54, 1.807) is 6.26 Å². The molecule has 15 heavy (non-hydrogen) atoms. The summed E-state index contributed by atoms with van der Waals surface area (Å²) in [6.07, 6.45) is 3.98. The molecule has 3 rings (SSSR count). The van der Waals surface area contributed by atoms with Crippen molar-refractivity contribution in [3.8, 4) is 0 Å². The number of benzene rings is 1. The molecule has 3 heteroatoms. The molecule has 1 aromatic carbocycles. The predicted octanol–water partition coefficient (Wildman–Crippen LogP) is 3.52. The molecule has 2 nitrogen and oxygen atoms in total. The quantitative estimate of drug-likeness (QED) is 0.787. The largest absolute Gasteiger partial charge is 0.364 e. The van der Waals surface area contributed by atoms with Gasteiger partial charge in [0, 0.05) is 16.0 Å². The zero-order chi connectivity index (χ0) is 10.3. The van der Waals surface area contributed by atoms with Gasteiger partial charge in [-0.1, -0.05) is 39.3 Å². The Morgan fingerprint density at radius 3 is 3.07 bits per heavy atom. The fourth-order valence-corrected chi connectivity index (χ4v) is 2.80. The molecule has 0 bridgehead atoms. The monoisotopic (exact) mass is 263 g/mol. The van der Waals surface area contributed by atoms with Crippen LogP contribution in [0.25, 0.3) is 0 Å². The van der Waals surface area contributed by atoms with Gasteiger partial charge in [-0.05, 0) is 24.5 Å². The van der Waals surface area contributed by atoms with Crippen LogP contribution in [-0.4, -0.2) is 5.16 Å². The maximum atomic E-state index is 5.01. The van der Waals surface area contributed by atoms with E-state index >= 15 is 0 Å². The Bertz CT molecular complexity index is 492. The molecule has 1 unspecified atom stereocenters. The number of nitrogens with zero attached hydrogens (tertiary/aromatic N) is 1. The lowest BCUT2D eigenvalue weighted by molar-refractivity contribution is 0.404. The SMILES string of the molecule is Brc1ccccc1C1CCc2conc21. The van der Waals surface area contributed by atoms with Gasteiger partial charge in [-0.3, -0.25) is 0 Å². The maximum Gasteiger partial charge on any atom is 0.127 e. The van der Waals surface area contributed by atoms with E-state index in [4.69, 9.17) is 4.52 Å². The van der Waals surface area contributed by atoms with E-state index in [0.29, 0.717) is 5.92 Å². The van der Waals surface area contributed by atoms with E-state index < -0.39 is 0 Å². The topological polar surface area (TPSA) is 26.0 Å². The second-order valence-electron chi connectivity index (χ2n) is 3.84. The minimum atomic E-state index is 0.398. The molecule has 0 spiro atoms. The Kier molecular flexibility index (Phi) is 2.13. The van der Waals surface area contributed by atoms with Crippen molar-refractivity contribution in [1.82, 2.24) is 5.16 Å². The summed E-state index contributed by atoms with van der Waals surface area (Å²) in [7, 11) is 0. The van der Waals surface area contributed by atoms with Gasteiger partial charge in [0.05, 0.1) is 5.69 Å². The summed E-state index contributed by atoms with van der Waals surface area (Å²) in [5, 5.41) is 4.10. The Labute approximate surface area is 96.4 Å². The van der Waals surface area contributed by atoms with Crippen LogP contribution in [0.15, 0.2) is 39.5 Å². The van der Waals surface area contributed by atoms with Crippen LogP contribution in [0.3, 0.4) is 0 Å². The Hall–Kier alpha value is -1.09. The van der Waals surface area contributed by atoms with E-state index in [1.165, 1.54) is 11.1 Å². The van der Waals surface area contributed by atoms with Crippen LogP contribution in [0.2, 0.25) is 0 Å². The highest BCUT2D eigenvalue weighted by atomic mass is 79.9. The molecule has 0 aliphatic heterocycles. The van der Waals surface area contributed by atoms with E-state index in [9.17, 15) is 0 Å². The van der Waals surface area contributed by atoms with Crippen molar-refractivity contribution in [2.75, 3.05) is 0 Å². The molecular weight excluding hydrogens is 254 g/mol. The highest BCUT2D eigenvalue weighted by Crippen LogP contribution is 2.39. The van der Waals surface area contributed by atoms with Crippen molar-refractivity contribution in [1.29, 1.82) is 0 Å². The third kappa shape index (κ3) is 1.42. The van der Waals surface area contributed by atoms with Crippen LogP contribution < -0.4 is 0 Å². The Morgan fingerprint density at radius 2 is 2.20 bits per heavy atom. The van der Waals surface area contributed by atoms with E-state index in [0.717, 1.165) is 23.0 Å². The number of aryl methyl sites for hydroxylation is 1. The van der Waals surface area contributed by atoms with E-state index in [2.05, 4.69) is 39.3 Å². The third-order valence-electron chi connectivity index (χ3n) is 2.99. The molecule has 0 saturated carbocycles. The fraction of sp³-hybridized carbons (Fsp3) is 0.250. The van der Waals surface area contributed by atoms with Crippen molar-refractivity contribution in [2.45, 2.75) is 18.8 Å². The molecule has 1 aliphatic carbocycles. The van der Waals surface area contributed by atoms with Crippen LogP contribution in [0.4, 0.5) is 0 Å². The van der Waals surface area contributed by atoms with Crippen LogP contribution in [-0.2, 0) is 6.42 Å². The zero-order valence-electron chi connectivity index (χ0n) is 8.11. The lowest BCUT2D eigenvalue weighted by Gasteiger charge is -2.10. The summed E-state index contributed by atoms with van der Waals surface area (Å²) < 4.78 is 6.17. The van der Waals surface area contributed by atoms with Gasteiger partial charge in [-0.2, -0.15) is 0 Å². The third-order valence-corrected chi connectivity index (χ3v) is 3.71. The van der Waals surface area contributed by atoms with Gasteiger partial charge in [-0.15, -0.1) is 0 Å². The van der Waals surface area contributed by atoms with Crippen molar-refractivity contribution in [3.05, 3.63) is 51.8 Å². The van der Waals surface area contributed by atoms with Crippen molar-refractivity contribution in [2.24, 2.45) is 0 Å². The first kappa shape index (κ1) is 9.16. The molecule has 1 heterocycles. The first-order chi connectivity index (χ1) is 7.36. The summed E-state index contributed by atoms with van der Waals surface area (Å²) in [5.74, 6) is 0.398. The second-order valence-corrected chi connectivity index (χ2v) is 4.69. The number of hydrogen-bond acceptors (Lipinski definition) is 2. The summed E-state index contributed by atoms with van der Waals surface area (Å²) in [4.78, 5) is 0. The lowest BCUT2D eigenvalue weighted by atomic mass is 9.97. The molecule has 1 aromatic heterocycles. The summed E-state index contributed by atoms with van der Waals surface area (Å²) >= 11 is 3.59. The molecular formula is C12H10BrNO. The summed E-state index contributed by atoms with van der Waals surface area (Å²) in [6.45, 7) is 0. The Balaban J connectivity index is 2.08. The molecule has 2 aromatic rings. The Morgan fingerprint density at radius 1 is 1.33 bits per heavy atom. The number of aromatic nitrogens is 1. The second kappa shape index (κ2) is 3.49. The van der Waals surface area contributed by atoms with Crippen LogP contribution in [0.1, 0.15) is 29.2 Å². The average Bonchev–Trinajstić information content (AvgIpc) is 2.80. The highest BCUT2D eigenvalue weighted by molar-refractivity contribution is 9.10. The van der Waals surface area contributed by atoms with Gasteiger partial charge >= 0.3 is 0 Å². The predicted molar refractivity (Wildman–Crippen MR) is 60.8 cm³/mol. The van der Waals surface area contributed by atoms with Crippen LogP contribution >= 0.6 is 15.9 Å². The normalized spacial score (nSPS) is 19.1. The van der Waals surface area contributed by atoms with Crippen molar-refractivity contribution < 1.29 is 4.52 Å². The fourth-order valence-electron chi connectivity index (χ4n) is 2.24. The van der Waals surface area contributed by atoms with Gasteiger partial charge in [0.15, 0.2) is 0 Å². The van der Waals surface area contributed by atoms with Crippen LogP contribution in [0, 0.1) is 0 Å².